The Kier molecular flexibility index (Phi) is 4.69. The number of hydrogen-bond donors (Lipinski definition) is 2. The second kappa shape index (κ2) is 6.03. The summed E-state index contributed by atoms with van der Waals surface area (Å²) in [4.78, 5) is 22.4. The molecule has 0 aliphatic carbocycles. The highest BCUT2D eigenvalue weighted by molar-refractivity contribution is 5.84. The lowest BCUT2D eigenvalue weighted by molar-refractivity contribution is -0.141. The number of aryl methyl sites for hydroxylation is 1. The molecule has 17 heavy (non-hydrogen) atoms. The fourth-order valence-corrected chi connectivity index (χ4v) is 1.57. The molecule has 92 valence electrons. The van der Waals surface area contributed by atoms with Crippen molar-refractivity contribution >= 4 is 11.9 Å². The van der Waals surface area contributed by atoms with E-state index >= 15 is 0 Å². The molecule has 0 saturated carbocycles. The number of hydrogen-bond acceptors (Lipinski definition) is 2. The Morgan fingerprint density at radius 3 is 2.53 bits per heavy atom. The third-order valence-corrected chi connectivity index (χ3v) is 2.65. The van der Waals surface area contributed by atoms with Crippen molar-refractivity contribution in [1.29, 1.82) is 0 Å². The normalized spacial score (nSPS) is 11.9. The molecule has 0 radical (unpaired) electrons. The van der Waals surface area contributed by atoms with E-state index in [-0.39, 0.29) is 12.3 Å². The molecule has 0 saturated heterocycles. The number of carbonyl (C=O) groups is 2. The second-order valence-corrected chi connectivity index (χ2v) is 3.97. The molecule has 0 fully saturated rings. The van der Waals surface area contributed by atoms with Crippen LogP contribution in [0.5, 0.6) is 0 Å². The summed E-state index contributed by atoms with van der Waals surface area (Å²) in [6.07, 6.45) is 0.602. The van der Waals surface area contributed by atoms with E-state index < -0.39 is 12.0 Å². The minimum absolute atomic E-state index is 0.219. The molecule has 0 aliphatic rings. The zero-order valence-corrected chi connectivity index (χ0v) is 10.1. The van der Waals surface area contributed by atoms with Crippen LogP contribution in [0.4, 0.5) is 0 Å². The van der Waals surface area contributed by atoms with Crippen molar-refractivity contribution in [3.63, 3.8) is 0 Å². The van der Waals surface area contributed by atoms with Crippen molar-refractivity contribution in [1.82, 2.24) is 5.32 Å². The lowest BCUT2D eigenvalue weighted by Crippen LogP contribution is -2.41. The van der Waals surface area contributed by atoms with Crippen LogP contribution in [0.15, 0.2) is 24.3 Å². The molecule has 4 nitrogen and oxygen atoms in total. The fraction of sp³-hybridized carbons (Fsp3) is 0.385. The average Bonchev–Trinajstić information content (AvgIpc) is 2.28. The first-order valence-electron chi connectivity index (χ1n) is 5.61. The Balaban J connectivity index is 2.61. The van der Waals surface area contributed by atoms with Crippen LogP contribution in [0.3, 0.4) is 0 Å². The summed E-state index contributed by atoms with van der Waals surface area (Å²) in [5.41, 5.74) is 1.95. The van der Waals surface area contributed by atoms with E-state index in [4.69, 9.17) is 5.11 Å². The van der Waals surface area contributed by atoms with E-state index in [9.17, 15) is 9.59 Å². The average molecular weight is 235 g/mol. The van der Waals surface area contributed by atoms with Gasteiger partial charge in [-0.2, -0.15) is 0 Å². The summed E-state index contributed by atoms with van der Waals surface area (Å²) in [6, 6.07) is 6.77. The van der Waals surface area contributed by atoms with E-state index in [1.165, 1.54) is 0 Å². The van der Waals surface area contributed by atoms with Gasteiger partial charge in [0, 0.05) is 0 Å². The van der Waals surface area contributed by atoms with E-state index in [2.05, 4.69) is 5.32 Å². The Morgan fingerprint density at radius 1 is 1.35 bits per heavy atom. The molecule has 1 aromatic carbocycles. The minimum atomic E-state index is -0.995. The summed E-state index contributed by atoms with van der Waals surface area (Å²) < 4.78 is 0. The van der Waals surface area contributed by atoms with Gasteiger partial charge in [-0.1, -0.05) is 31.2 Å². The van der Waals surface area contributed by atoms with Gasteiger partial charge in [0.2, 0.25) is 5.91 Å². The summed E-state index contributed by atoms with van der Waals surface area (Å²) in [5, 5.41) is 11.3. The standard InChI is InChI=1S/C13H17NO3/c1-3-11(13(16)17)14-12(15)8-10-7-5-4-6-9(10)2/h4-7,11H,3,8H2,1-2H3,(H,14,15)(H,16,17)/t11-/m1/s1. The van der Waals surface area contributed by atoms with Crippen LogP contribution < -0.4 is 5.32 Å². The van der Waals surface area contributed by atoms with Crippen molar-refractivity contribution in [2.24, 2.45) is 0 Å². The molecule has 1 amide bonds. The van der Waals surface area contributed by atoms with Crippen LogP contribution in [-0.4, -0.2) is 23.0 Å². The Hall–Kier alpha value is -1.84. The van der Waals surface area contributed by atoms with E-state index in [1.807, 2.05) is 31.2 Å². The molecule has 0 aromatic heterocycles. The molecule has 0 spiro atoms. The summed E-state index contributed by atoms with van der Waals surface area (Å²) >= 11 is 0. The molecule has 0 bridgehead atoms. The van der Waals surface area contributed by atoms with Crippen molar-refractivity contribution in [2.75, 3.05) is 0 Å². The summed E-state index contributed by atoms with van der Waals surface area (Å²) in [6.45, 7) is 3.66. The van der Waals surface area contributed by atoms with E-state index in [1.54, 1.807) is 6.92 Å². The van der Waals surface area contributed by atoms with Crippen molar-refractivity contribution in [3.8, 4) is 0 Å². The van der Waals surface area contributed by atoms with Gasteiger partial charge in [-0.3, -0.25) is 4.79 Å². The van der Waals surface area contributed by atoms with Gasteiger partial charge >= 0.3 is 5.97 Å². The first-order valence-corrected chi connectivity index (χ1v) is 5.61. The molecule has 0 heterocycles. The highest BCUT2D eigenvalue weighted by atomic mass is 16.4. The smallest absolute Gasteiger partial charge is 0.326 e. The number of benzene rings is 1. The van der Waals surface area contributed by atoms with Gasteiger partial charge in [0.1, 0.15) is 6.04 Å². The number of aliphatic carboxylic acids is 1. The van der Waals surface area contributed by atoms with Crippen LogP contribution in [0, 0.1) is 6.92 Å². The Labute approximate surface area is 101 Å². The number of carboxylic acids is 1. The number of rotatable bonds is 5. The highest BCUT2D eigenvalue weighted by Gasteiger charge is 2.17. The van der Waals surface area contributed by atoms with Crippen molar-refractivity contribution in [3.05, 3.63) is 35.4 Å². The third kappa shape index (κ3) is 3.90. The van der Waals surface area contributed by atoms with Crippen molar-refractivity contribution in [2.45, 2.75) is 32.7 Å². The molecule has 4 heteroatoms. The third-order valence-electron chi connectivity index (χ3n) is 2.65. The molecule has 1 rings (SSSR count). The first-order chi connectivity index (χ1) is 8.04. The summed E-state index contributed by atoms with van der Waals surface area (Å²) in [7, 11) is 0. The first kappa shape index (κ1) is 13.2. The maximum absolute atomic E-state index is 11.7. The van der Waals surface area contributed by atoms with Crippen LogP contribution >= 0.6 is 0 Å². The minimum Gasteiger partial charge on any atom is -0.480 e. The van der Waals surface area contributed by atoms with Gasteiger partial charge in [-0.25, -0.2) is 4.79 Å². The molecule has 1 aromatic rings. The summed E-state index contributed by atoms with van der Waals surface area (Å²) in [5.74, 6) is -1.25. The van der Waals surface area contributed by atoms with Crippen LogP contribution in [-0.2, 0) is 16.0 Å². The Morgan fingerprint density at radius 2 is 2.00 bits per heavy atom. The quantitative estimate of drug-likeness (QED) is 0.813. The van der Waals surface area contributed by atoms with Gasteiger partial charge in [0.15, 0.2) is 0 Å². The molecule has 2 N–H and O–H groups in total. The SMILES string of the molecule is CC[C@@H](NC(=O)Cc1ccccc1C)C(=O)O. The second-order valence-electron chi connectivity index (χ2n) is 3.97. The lowest BCUT2D eigenvalue weighted by Gasteiger charge is -2.12. The highest BCUT2D eigenvalue weighted by Crippen LogP contribution is 2.07. The van der Waals surface area contributed by atoms with Gasteiger partial charge in [0.25, 0.3) is 0 Å². The van der Waals surface area contributed by atoms with Gasteiger partial charge in [-0.15, -0.1) is 0 Å². The van der Waals surface area contributed by atoms with Crippen LogP contribution in [0.2, 0.25) is 0 Å². The lowest BCUT2D eigenvalue weighted by atomic mass is 10.1. The molecule has 1 atom stereocenters. The van der Waals surface area contributed by atoms with Crippen molar-refractivity contribution < 1.29 is 14.7 Å². The number of carbonyl (C=O) groups excluding carboxylic acids is 1. The zero-order chi connectivity index (χ0) is 12.8. The topological polar surface area (TPSA) is 66.4 Å². The van der Waals surface area contributed by atoms with E-state index in [0.717, 1.165) is 11.1 Å². The van der Waals surface area contributed by atoms with Crippen LogP contribution in [0.1, 0.15) is 24.5 Å². The Bertz CT molecular complexity index is 415. The molecule has 0 unspecified atom stereocenters. The monoisotopic (exact) mass is 235 g/mol. The largest absolute Gasteiger partial charge is 0.480 e. The maximum Gasteiger partial charge on any atom is 0.326 e. The van der Waals surface area contributed by atoms with Crippen LogP contribution in [0.25, 0.3) is 0 Å². The fourth-order valence-electron chi connectivity index (χ4n) is 1.57. The van der Waals surface area contributed by atoms with Gasteiger partial charge < -0.3 is 10.4 Å². The molecule has 0 aliphatic heterocycles. The zero-order valence-electron chi connectivity index (χ0n) is 10.1. The number of carboxylic acid groups (broad SMARTS) is 1. The predicted molar refractivity (Wildman–Crippen MR) is 64.7 cm³/mol. The number of nitrogens with one attached hydrogen (secondary N) is 1. The predicted octanol–water partition coefficient (Wildman–Crippen LogP) is 1.52. The van der Waals surface area contributed by atoms with Gasteiger partial charge in [0.05, 0.1) is 6.42 Å². The van der Waals surface area contributed by atoms with Gasteiger partial charge in [-0.05, 0) is 24.5 Å². The molecular weight excluding hydrogens is 218 g/mol. The maximum atomic E-state index is 11.7. The molecular formula is C13H17NO3. The number of amides is 1. The van der Waals surface area contributed by atoms with E-state index in [0.29, 0.717) is 6.42 Å².